The number of likely N-dealkylation sites (N-methyl/N-ethyl adjacent to an activating group) is 1. The van der Waals surface area contributed by atoms with Crippen LogP contribution in [0.4, 0.5) is 11.4 Å². The zero-order valence-electron chi connectivity index (χ0n) is 11.5. The van der Waals surface area contributed by atoms with E-state index >= 15 is 0 Å². The lowest BCUT2D eigenvalue weighted by Crippen LogP contribution is -2.46. The highest BCUT2D eigenvalue weighted by molar-refractivity contribution is 5.93. The lowest BCUT2D eigenvalue weighted by Gasteiger charge is -2.34. The predicted molar refractivity (Wildman–Crippen MR) is 74.3 cm³/mol. The van der Waals surface area contributed by atoms with Crippen LogP contribution in [-0.4, -0.2) is 54.6 Å². The molecular formula is C12H15N5O4. The molecule has 2 aromatic rings. The van der Waals surface area contributed by atoms with Crippen molar-refractivity contribution in [1.29, 1.82) is 0 Å². The van der Waals surface area contributed by atoms with Gasteiger partial charge in [-0.2, -0.15) is 0 Å². The second-order valence-corrected chi connectivity index (χ2v) is 4.82. The van der Waals surface area contributed by atoms with Crippen LogP contribution in [0.1, 0.15) is 0 Å². The Morgan fingerprint density at radius 1 is 1.48 bits per heavy atom. The van der Waals surface area contributed by atoms with Gasteiger partial charge in [0, 0.05) is 25.7 Å². The number of nitro groups is 1. The quantitative estimate of drug-likeness (QED) is 0.643. The maximum Gasteiger partial charge on any atom is 0.300 e. The Hall–Kier alpha value is -2.26. The van der Waals surface area contributed by atoms with Crippen molar-refractivity contribution >= 4 is 22.4 Å². The van der Waals surface area contributed by atoms with Crippen LogP contribution in [0.15, 0.2) is 16.8 Å². The molecule has 0 bridgehead atoms. The van der Waals surface area contributed by atoms with Crippen LogP contribution in [0, 0.1) is 10.1 Å². The van der Waals surface area contributed by atoms with Gasteiger partial charge in [0.1, 0.15) is 0 Å². The molecule has 1 unspecified atom stereocenters. The van der Waals surface area contributed by atoms with E-state index in [1.54, 1.807) is 6.07 Å². The van der Waals surface area contributed by atoms with Gasteiger partial charge in [-0.05, 0) is 23.4 Å². The number of ether oxygens (including phenoxy) is 1. The van der Waals surface area contributed by atoms with Gasteiger partial charge in [0.25, 0.3) is 0 Å². The van der Waals surface area contributed by atoms with E-state index in [4.69, 9.17) is 4.74 Å². The van der Waals surface area contributed by atoms with Crippen LogP contribution in [0.3, 0.4) is 0 Å². The summed E-state index contributed by atoms with van der Waals surface area (Å²) in [6.45, 7) is 2.71. The van der Waals surface area contributed by atoms with Crippen molar-refractivity contribution in [2.45, 2.75) is 6.10 Å². The summed E-state index contributed by atoms with van der Waals surface area (Å²) in [5.74, 6) is 0. The largest absolute Gasteiger partial charge is 0.373 e. The minimum Gasteiger partial charge on any atom is -0.373 e. The number of nitrogens with one attached hydrogen (secondary N) is 1. The molecule has 1 atom stereocenters. The standard InChI is InChI=1S/C12H15N5O4/c1-13-6-8-7-16(4-5-20-8)9-2-3-10(17(18)19)12-11(9)14-21-15-12/h2-3,8,13H,4-7H2,1H3. The summed E-state index contributed by atoms with van der Waals surface area (Å²) in [4.78, 5) is 12.6. The van der Waals surface area contributed by atoms with Crippen LogP contribution in [0.2, 0.25) is 0 Å². The number of fused-ring (bicyclic) bond motifs is 1. The third-order valence-electron chi connectivity index (χ3n) is 3.48. The Labute approximate surface area is 120 Å². The highest BCUT2D eigenvalue weighted by atomic mass is 16.6. The molecule has 9 heteroatoms. The van der Waals surface area contributed by atoms with Crippen LogP contribution < -0.4 is 10.2 Å². The summed E-state index contributed by atoms with van der Waals surface area (Å²) in [6, 6.07) is 3.12. The number of nitro benzene ring substituents is 1. The summed E-state index contributed by atoms with van der Waals surface area (Å²) in [7, 11) is 1.87. The minimum absolute atomic E-state index is 0.0638. The summed E-state index contributed by atoms with van der Waals surface area (Å²) >= 11 is 0. The Kier molecular flexibility index (Phi) is 3.67. The molecule has 3 rings (SSSR count). The molecular weight excluding hydrogens is 278 g/mol. The first-order valence-corrected chi connectivity index (χ1v) is 6.61. The topological polar surface area (TPSA) is 107 Å². The molecule has 1 aliphatic heterocycles. The van der Waals surface area contributed by atoms with E-state index in [9.17, 15) is 10.1 Å². The molecule has 0 aliphatic carbocycles. The van der Waals surface area contributed by atoms with Crippen molar-refractivity contribution in [2.75, 3.05) is 38.2 Å². The molecule has 0 radical (unpaired) electrons. The van der Waals surface area contributed by atoms with E-state index in [1.165, 1.54) is 6.07 Å². The first-order valence-electron chi connectivity index (χ1n) is 6.61. The first kappa shape index (κ1) is 13.7. The van der Waals surface area contributed by atoms with E-state index in [0.717, 1.165) is 12.2 Å². The van der Waals surface area contributed by atoms with Gasteiger partial charge in [-0.25, -0.2) is 4.63 Å². The lowest BCUT2D eigenvalue weighted by atomic mass is 10.2. The van der Waals surface area contributed by atoms with Crippen molar-refractivity contribution in [3.8, 4) is 0 Å². The number of hydrogen-bond donors (Lipinski definition) is 1. The maximum atomic E-state index is 11.0. The van der Waals surface area contributed by atoms with Crippen molar-refractivity contribution in [2.24, 2.45) is 0 Å². The van der Waals surface area contributed by atoms with Gasteiger partial charge >= 0.3 is 5.69 Å². The normalized spacial score (nSPS) is 19.1. The number of anilines is 1. The third kappa shape index (κ3) is 2.52. The maximum absolute atomic E-state index is 11.0. The number of morpholine rings is 1. The molecule has 9 nitrogen and oxygen atoms in total. The Morgan fingerprint density at radius 2 is 2.29 bits per heavy atom. The second-order valence-electron chi connectivity index (χ2n) is 4.82. The molecule has 2 heterocycles. The van der Waals surface area contributed by atoms with Gasteiger partial charge in [-0.1, -0.05) is 0 Å². The number of benzene rings is 1. The molecule has 1 N–H and O–H groups in total. The van der Waals surface area contributed by atoms with E-state index in [0.29, 0.717) is 25.2 Å². The summed E-state index contributed by atoms with van der Waals surface area (Å²) in [5.41, 5.74) is 1.26. The molecule has 1 aliphatic rings. The zero-order chi connectivity index (χ0) is 14.8. The monoisotopic (exact) mass is 293 g/mol. The molecule has 0 amide bonds. The first-order chi connectivity index (χ1) is 10.2. The molecule has 112 valence electrons. The Balaban J connectivity index is 1.95. The lowest BCUT2D eigenvalue weighted by molar-refractivity contribution is -0.383. The minimum atomic E-state index is -0.487. The van der Waals surface area contributed by atoms with E-state index in [1.807, 2.05) is 7.05 Å². The molecule has 1 fully saturated rings. The fourth-order valence-electron chi connectivity index (χ4n) is 2.53. The molecule has 0 saturated carbocycles. The van der Waals surface area contributed by atoms with E-state index in [2.05, 4.69) is 25.2 Å². The smallest absolute Gasteiger partial charge is 0.300 e. The number of aromatic nitrogens is 2. The van der Waals surface area contributed by atoms with Crippen LogP contribution in [0.5, 0.6) is 0 Å². The van der Waals surface area contributed by atoms with E-state index < -0.39 is 4.92 Å². The van der Waals surface area contributed by atoms with Crippen molar-refractivity contribution in [1.82, 2.24) is 15.6 Å². The van der Waals surface area contributed by atoms with Crippen LogP contribution >= 0.6 is 0 Å². The van der Waals surface area contributed by atoms with Gasteiger partial charge in [-0.15, -0.1) is 0 Å². The van der Waals surface area contributed by atoms with Crippen molar-refractivity contribution in [3.63, 3.8) is 0 Å². The van der Waals surface area contributed by atoms with Crippen molar-refractivity contribution < 1.29 is 14.3 Å². The summed E-state index contributed by atoms with van der Waals surface area (Å²) in [6.07, 6.45) is 0.0638. The van der Waals surface area contributed by atoms with Gasteiger partial charge < -0.3 is 15.0 Å². The third-order valence-corrected chi connectivity index (χ3v) is 3.48. The Morgan fingerprint density at radius 3 is 3.05 bits per heavy atom. The fraction of sp³-hybridized carbons (Fsp3) is 0.500. The number of non-ortho nitro benzene ring substituents is 1. The number of nitrogens with zero attached hydrogens (tertiary/aromatic N) is 4. The van der Waals surface area contributed by atoms with Crippen molar-refractivity contribution in [3.05, 3.63) is 22.2 Å². The average molecular weight is 293 g/mol. The SMILES string of the molecule is CNCC1CN(c2ccc([N+](=O)[O-])c3nonc23)CCO1. The van der Waals surface area contributed by atoms with Crippen LogP contribution in [0.25, 0.3) is 11.0 Å². The Bertz CT molecular complexity index is 656. The molecule has 1 aromatic heterocycles. The summed E-state index contributed by atoms with van der Waals surface area (Å²) < 4.78 is 10.3. The molecule has 1 aromatic carbocycles. The van der Waals surface area contributed by atoms with E-state index in [-0.39, 0.29) is 17.3 Å². The van der Waals surface area contributed by atoms with Gasteiger partial charge in [0.2, 0.25) is 5.52 Å². The predicted octanol–water partition coefficient (Wildman–Crippen LogP) is 0.556. The fourth-order valence-corrected chi connectivity index (χ4v) is 2.53. The molecule has 1 saturated heterocycles. The van der Waals surface area contributed by atoms with Crippen LogP contribution in [-0.2, 0) is 4.74 Å². The number of rotatable bonds is 4. The number of hydrogen-bond acceptors (Lipinski definition) is 8. The molecule has 21 heavy (non-hydrogen) atoms. The highest BCUT2D eigenvalue weighted by Crippen LogP contribution is 2.31. The van der Waals surface area contributed by atoms with Gasteiger partial charge in [-0.3, -0.25) is 10.1 Å². The zero-order valence-corrected chi connectivity index (χ0v) is 11.5. The van der Waals surface area contributed by atoms with Gasteiger partial charge in [0.05, 0.1) is 23.3 Å². The molecule has 0 spiro atoms. The summed E-state index contributed by atoms with van der Waals surface area (Å²) in [5, 5.41) is 21.5. The average Bonchev–Trinajstić information content (AvgIpc) is 2.96. The van der Waals surface area contributed by atoms with Gasteiger partial charge in [0.15, 0.2) is 5.52 Å². The second kappa shape index (κ2) is 5.62. The highest BCUT2D eigenvalue weighted by Gasteiger charge is 2.26.